The zero-order chi connectivity index (χ0) is 26.0. The van der Waals surface area contributed by atoms with E-state index >= 15 is 4.39 Å². The molecule has 36 heavy (non-hydrogen) atoms. The van der Waals surface area contributed by atoms with Crippen molar-refractivity contribution in [3.63, 3.8) is 0 Å². The number of rotatable bonds is 7. The minimum Gasteiger partial charge on any atom is -0.493 e. The van der Waals surface area contributed by atoms with E-state index in [1.54, 1.807) is 27.2 Å². The van der Waals surface area contributed by atoms with Crippen LogP contribution in [0, 0.1) is 5.82 Å². The maximum atomic E-state index is 15.2. The van der Waals surface area contributed by atoms with Gasteiger partial charge in [0, 0.05) is 34.0 Å². The summed E-state index contributed by atoms with van der Waals surface area (Å²) < 4.78 is 31.4. The topological polar surface area (TPSA) is 73.9 Å². The molecule has 0 aromatic heterocycles. The number of esters is 1. The number of Topliss-reactive ketones (excluding diaryl/α,β-unsaturated/α-hetero) is 1. The van der Waals surface area contributed by atoms with Crippen LogP contribution in [-0.4, -0.2) is 32.6 Å². The monoisotopic (exact) mass is 513 g/mol. The zero-order valence-electron chi connectivity index (χ0n) is 20.7. The number of ketones is 1. The molecule has 1 aliphatic heterocycles. The van der Waals surface area contributed by atoms with E-state index in [2.05, 4.69) is 5.32 Å². The maximum absolute atomic E-state index is 15.2. The fourth-order valence-corrected chi connectivity index (χ4v) is 5.27. The fourth-order valence-electron chi connectivity index (χ4n) is 5.00. The normalized spacial score (nSPS) is 19.6. The number of nitrogens with one attached hydrogen (secondary N) is 1. The third kappa shape index (κ3) is 4.72. The Hall–Kier alpha value is -3.32. The number of ether oxygens (including phenoxy) is 3. The summed E-state index contributed by atoms with van der Waals surface area (Å²) in [5, 5.41) is 3.41. The van der Waals surface area contributed by atoms with Crippen LogP contribution in [0.1, 0.15) is 56.1 Å². The number of halogens is 2. The highest BCUT2D eigenvalue weighted by Gasteiger charge is 2.43. The van der Waals surface area contributed by atoms with Crippen LogP contribution in [-0.2, 0) is 14.3 Å². The molecule has 8 heteroatoms. The number of methoxy groups -OCH3 is 2. The van der Waals surface area contributed by atoms with Crippen LogP contribution in [0.5, 0.6) is 11.5 Å². The van der Waals surface area contributed by atoms with Crippen molar-refractivity contribution in [1.29, 1.82) is 0 Å². The third-order valence-electron chi connectivity index (χ3n) is 6.65. The fraction of sp³-hybridized carbons (Fsp3) is 0.357. The molecule has 2 aliphatic rings. The third-order valence-corrected chi connectivity index (χ3v) is 6.98. The van der Waals surface area contributed by atoms with Crippen molar-refractivity contribution in [3.8, 4) is 11.5 Å². The van der Waals surface area contributed by atoms with E-state index in [0.717, 1.165) is 5.56 Å². The maximum Gasteiger partial charge on any atom is 0.336 e. The molecule has 2 aromatic carbocycles. The summed E-state index contributed by atoms with van der Waals surface area (Å²) in [5.74, 6) is -1.27. The van der Waals surface area contributed by atoms with Crippen LogP contribution in [0.2, 0.25) is 5.02 Å². The molecular weight excluding hydrogens is 485 g/mol. The summed E-state index contributed by atoms with van der Waals surface area (Å²) in [6, 6.07) is 9.94. The van der Waals surface area contributed by atoms with Gasteiger partial charge in [0.15, 0.2) is 17.3 Å². The van der Waals surface area contributed by atoms with E-state index in [1.165, 1.54) is 12.1 Å². The van der Waals surface area contributed by atoms with Gasteiger partial charge in [-0.2, -0.15) is 0 Å². The molecule has 6 nitrogen and oxygen atoms in total. The second kappa shape index (κ2) is 10.7. The second-order valence-electron chi connectivity index (χ2n) is 8.90. The number of carbonyl (C=O) groups excluding carboxylic acids is 2. The molecule has 0 saturated heterocycles. The predicted molar refractivity (Wildman–Crippen MR) is 135 cm³/mol. The summed E-state index contributed by atoms with van der Waals surface area (Å²) in [4.78, 5) is 26.8. The molecule has 0 saturated carbocycles. The molecule has 2 aromatic rings. The molecule has 1 heterocycles. The highest BCUT2D eigenvalue weighted by Crippen LogP contribution is 2.48. The first kappa shape index (κ1) is 25.8. The largest absolute Gasteiger partial charge is 0.493 e. The Morgan fingerprint density at radius 2 is 1.89 bits per heavy atom. The van der Waals surface area contributed by atoms with Gasteiger partial charge in [0.2, 0.25) is 0 Å². The molecule has 0 unspecified atom stereocenters. The van der Waals surface area contributed by atoms with Crippen LogP contribution >= 0.6 is 11.6 Å². The molecule has 4 rings (SSSR count). The van der Waals surface area contributed by atoms with Crippen molar-refractivity contribution in [3.05, 3.63) is 80.9 Å². The summed E-state index contributed by atoms with van der Waals surface area (Å²) in [5.41, 5.74) is 2.75. The number of dihydropyridines is 1. The number of benzene rings is 2. The minimum absolute atomic E-state index is 0.105. The van der Waals surface area contributed by atoms with E-state index in [-0.39, 0.29) is 40.9 Å². The Bertz CT molecular complexity index is 1250. The number of carbonyl (C=O) groups is 2. The van der Waals surface area contributed by atoms with Crippen LogP contribution in [0.15, 0.2) is 58.9 Å². The average molecular weight is 514 g/mol. The molecule has 190 valence electrons. The van der Waals surface area contributed by atoms with Gasteiger partial charge in [-0.15, -0.1) is 0 Å². The lowest BCUT2D eigenvalue weighted by Crippen LogP contribution is -2.36. The van der Waals surface area contributed by atoms with Gasteiger partial charge in [0.05, 0.1) is 32.3 Å². The van der Waals surface area contributed by atoms with Crippen molar-refractivity contribution >= 4 is 23.4 Å². The van der Waals surface area contributed by atoms with Gasteiger partial charge in [-0.3, -0.25) is 4.79 Å². The molecule has 0 amide bonds. The van der Waals surface area contributed by atoms with E-state index < -0.39 is 17.7 Å². The predicted octanol–water partition coefficient (Wildman–Crippen LogP) is 5.81. The molecule has 1 N–H and O–H groups in total. The van der Waals surface area contributed by atoms with Crippen LogP contribution < -0.4 is 14.8 Å². The highest BCUT2D eigenvalue weighted by atomic mass is 35.5. The van der Waals surface area contributed by atoms with E-state index in [9.17, 15) is 9.59 Å². The smallest absolute Gasteiger partial charge is 0.336 e. The SMILES string of the molecule is CCCOC(=O)C1=C(C)NC2=C(C(=O)C[C@@H](c3ccc(OC)c(OC)c3)C2)[C@H]1c1c(F)cccc1Cl. The highest BCUT2D eigenvalue weighted by molar-refractivity contribution is 6.31. The Morgan fingerprint density at radius 3 is 2.56 bits per heavy atom. The van der Waals surface area contributed by atoms with Gasteiger partial charge in [-0.1, -0.05) is 30.7 Å². The van der Waals surface area contributed by atoms with E-state index in [4.69, 9.17) is 25.8 Å². The molecule has 0 spiro atoms. The Morgan fingerprint density at radius 1 is 1.14 bits per heavy atom. The summed E-state index contributed by atoms with van der Waals surface area (Å²) in [7, 11) is 3.13. The quantitative estimate of drug-likeness (QED) is 0.471. The van der Waals surface area contributed by atoms with Crippen molar-refractivity contribution < 1.29 is 28.2 Å². The zero-order valence-corrected chi connectivity index (χ0v) is 21.5. The summed E-state index contributed by atoms with van der Waals surface area (Å²) >= 11 is 6.46. The lowest BCUT2D eigenvalue weighted by Gasteiger charge is -2.37. The Balaban J connectivity index is 1.81. The van der Waals surface area contributed by atoms with Gasteiger partial charge in [-0.05, 0) is 55.5 Å². The average Bonchev–Trinajstić information content (AvgIpc) is 2.86. The van der Waals surface area contributed by atoms with E-state index in [1.807, 2.05) is 25.1 Å². The first-order valence-corrected chi connectivity index (χ1v) is 12.2. The van der Waals surface area contributed by atoms with Gasteiger partial charge in [0.1, 0.15) is 5.82 Å². The van der Waals surface area contributed by atoms with Crippen molar-refractivity contribution in [2.75, 3.05) is 20.8 Å². The standard InChI is InChI=1S/C28H29ClFNO5/c1-5-11-36-28(33)24-15(2)31-20-12-17(16-9-10-22(34-3)23(14-16)35-4)13-21(32)26(20)27(24)25-18(29)7-6-8-19(25)30/h6-10,14,17,27,31H,5,11-13H2,1-4H3/t17-,27+/m0/s1. The van der Waals surface area contributed by atoms with Gasteiger partial charge in [-0.25, -0.2) is 9.18 Å². The van der Waals surface area contributed by atoms with Crippen LogP contribution in [0.25, 0.3) is 0 Å². The Kier molecular flexibility index (Phi) is 7.69. The minimum atomic E-state index is -0.960. The molecule has 1 aliphatic carbocycles. The van der Waals surface area contributed by atoms with E-state index in [0.29, 0.717) is 41.3 Å². The summed E-state index contributed by atoms with van der Waals surface area (Å²) in [6.07, 6.45) is 1.32. The molecule has 0 fully saturated rings. The first-order valence-electron chi connectivity index (χ1n) is 11.9. The summed E-state index contributed by atoms with van der Waals surface area (Å²) in [6.45, 7) is 3.84. The van der Waals surface area contributed by atoms with Gasteiger partial charge >= 0.3 is 5.97 Å². The second-order valence-corrected chi connectivity index (χ2v) is 9.31. The lowest BCUT2D eigenvalue weighted by atomic mass is 9.71. The van der Waals surface area contributed by atoms with Crippen LogP contribution in [0.3, 0.4) is 0 Å². The van der Waals surface area contributed by atoms with Crippen molar-refractivity contribution in [1.82, 2.24) is 5.32 Å². The number of allylic oxidation sites excluding steroid dienone is 3. The van der Waals surface area contributed by atoms with Crippen LogP contribution in [0.4, 0.5) is 4.39 Å². The van der Waals surface area contributed by atoms with Gasteiger partial charge in [0.25, 0.3) is 0 Å². The van der Waals surface area contributed by atoms with Crippen molar-refractivity contribution in [2.24, 2.45) is 0 Å². The molecule has 0 bridgehead atoms. The number of hydrogen-bond acceptors (Lipinski definition) is 6. The Labute approximate surface area is 215 Å². The molecule has 0 radical (unpaired) electrons. The lowest BCUT2D eigenvalue weighted by molar-refractivity contribution is -0.139. The first-order chi connectivity index (χ1) is 17.3. The number of hydrogen-bond donors (Lipinski definition) is 1. The van der Waals surface area contributed by atoms with Crippen molar-refractivity contribution in [2.45, 2.75) is 44.9 Å². The van der Waals surface area contributed by atoms with Gasteiger partial charge < -0.3 is 19.5 Å². The molecule has 2 atom stereocenters. The molecular formula is C28H29ClFNO5.